The topological polar surface area (TPSA) is 95.8 Å². The smallest absolute Gasteiger partial charge is 0.293 e. The molecule has 0 atom stereocenters. The molecule has 0 bridgehead atoms. The molecule has 0 spiro atoms. The molecule has 2 aromatic heterocycles. The van der Waals surface area contributed by atoms with Crippen LogP contribution in [0, 0.1) is 0 Å². The molecule has 1 saturated heterocycles. The predicted octanol–water partition coefficient (Wildman–Crippen LogP) is 2.78. The van der Waals surface area contributed by atoms with Gasteiger partial charge in [-0.15, -0.1) is 0 Å². The molecule has 0 unspecified atom stereocenters. The first-order chi connectivity index (χ1) is 12.3. The maximum Gasteiger partial charge on any atom is 0.293 e. The number of piperidine rings is 1. The van der Waals surface area contributed by atoms with Crippen LogP contribution in [0.2, 0.25) is 0 Å². The Balaban J connectivity index is 1.50. The molecule has 128 valence electrons. The summed E-state index contributed by atoms with van der Waals surface area (Å²) in [5, 5.41) is 13.1. The van der Waals surface area contributed by atoms with Gasteiger partial charge in [0.25, 0.3) is 5.91 Å². The Morgan fingerprint density at radius 1 is 1.16 bits per heavy atom. The third kappa shape index (κ3) is 3.32. The largest absolute Gasteiger partial charge is 0.435 e. The Labute approximate surface area is 144 Å². The van der Waals surface area contributed by atoms with Crippen molar-refractivity contribution in [3.63, 3.8) is 0 Å². The number of nitrogens with zero attached hydrogens (tertiary/aromatic N) is 2. The lowest BCUT2D eigenvalue weighted by atomic mass is 9.98. The number of hydrogen-bond acceptors (Lipinski definition) is 5. The molecule has 7 nitrogen and oxygen atoms in total. The van der Waals surface area contributed by atoms with Gasteiger partial charge in [0.05, 0.1) is 23.8 Å². The first-order valence-electron chi connectivity index (χ1n) is 8.38. The van der Waals surface area contributed by atoms with Gasteiger partial charge in [0.15, 0.2) is 5.89 Å². The first kappa shape index (κ1) is 15.6. The van der Waals surface area contributed by atoms with Gasteiger partial charge < -0.3 is 15.1 Å². The van der Waals surface area contributed by atoms with Gasteiger partial charge in [0.1, 0.15) is 0 Å². The van der Waals surface area contributed by atoms with Crippen LogP contribution in [0.15, 0.2) is 47.1 Å². The van der Waals surface area contributed by atoms with Gasteiger partial charge in [0.2, 0.25) is 5.76 Å². The number of hydrogen-bond donors (Lipinski definition) is 3. The number of H-pyrrole nitrogens is 1. The van der Waals surface area contributed by atoms with Gasteiger partial charge in [-0.3, -0.25) is 9.89 Å². The van der Waals surface area contributed by atoms with Crippen molar-refractivity contribution in [2.24, 2.45) is 0 Å². The van der Waals surface area contributed by atoms with Crippen LogP contribution in [0.4, 0.5) is 5.69 Å². The summed E-state index contributed by atoms with van der Waals surface area (Å²) >= 11 is 0. The molecule has 4 rings (SSSR count). The molecular formula is C18H19N5O2. The van der Waals surface area contributed by atoms with E-state index >= 15 is 0 Å². The predicted molar refractivity (Wildman–Crippen MR) is 93.3 cm³/mol. The number of amides is 1. The second-order valence-electron chi connectivity index (χ2n) is 6.07. The summed E-state index contributed by atoms with van der Waals surface area (Å²) in [6.45, 7) is 1.90. The summed E-state index contributed by atoms with van der Waals surface area (Å²) in [4.78, 5) is 16.8. The number of carbonyl (C=O) groups is 1. The minimum absolute atomic E-state index is 0.216. The quantitative estimate of drug-likeness (QED) is 0.680. The molecule has 0 aliphatic carbocycles. The van der Waals surface area contributed by atoms with Crippen LogP contribution in [0.5, 0.6) is 0 Å². The van der Waals surface area contributed by atoms with Crippen molar-refractivity contribution in [1.82, 2.24) is 20.5 Å². The summed E-state index contributed by atoms with van der Waals surface area (Å²) in [5.41, 5.74) is 2.31. The van der Waals surface area contributed by atoms with Gasteiger partial charge in [0, 0.05) is 11.5 Å². The number of aromatic nitrogens is 3. The van der Waals surface area contributed by atoms with Gasteiger partial charge in [-0.2, -0.15) is 5.10 Å². The van der Waals surface area contributed by atoms with Crippen LogP contribution < -0.4 is 10.6 Å². The normalized spacial score (nSPS) is 15.2. The highest BCUT2D eigenvalue weighted by molar-refractivity contribution is 6.03. The van der Waals surface area contributed by atoms with Gasteiger partial charge in [-0.1, -0.05) is 30.3 Å². The maximum atomic E-state index is 12.5. The molecular weight excluding hydrogens is 318 g/mol. The van der Waals surface area contributed by atoms with E-state index in [2.05, 4.69) is 25.8 Å². The third-order valence-electron chi connectivity index (χ3n) is 4.39. The molecule has 25 heavy (non-hydrogen) atoms. The molecule has 1 aliphatic heterocycles. The van der Waals surface area contributed by atoms with E-state index in [1.54, 1.807) is 6.20 Å². The van der Waals surface area contributed by atoms with E-state index in [0.29, 0.717) is 11.6 Å². The Bertz CT molecular complexity index is 849. The van der Waals surface area contributed by atoms with Crippen LogP contribution in [0.1, 0.15) is 35.2 Å². The second-order valence-corrected chi connectivity index (χ2v) is 6.07. The highest BCUT2D eigenvalue weighted by Gasteiger charge is 2.22. The monoisotopic (exact) mass is 337 g/mol. The summed E-state index contributed by atoms with van der Waals surface area (Å²) < 4.78 is 5.70. The zero-order valence-electron chi connectivity index (χ0n) is 13.7. The fraction of sp³-hybridized carbons (Fsp3) is 0.278. The van der Waals surface area contributed by atoms with Crippen LogP contribution in [-0.2, 0) is 0 Å². The number of carbonyl (C=O) groups excluding carboxylic acids is 1. The van der Waals surface area contributed by atoms with E-state index in [1.165, 1.54) is 6.20 Å². The fourth-order valence-electron chi connectivity index (χ4n) is 3.04. The van der Waals surface area contributed by atoms with Crippen molar-refractivity contribution < 1.29 is 9.21 Å². The SMILES string of the molecule is O=C(Nc1cn[nH]c1-c1ccccc1)c1cnc(C2CCNCC2)o1. The second kappa shape index (κ2) is 6.90. The summed E-state index contributed by atoms with van der Waals surface area (Å²) in [7, 11) is 0. The average Bonchev–Trinajstić information content (AvgIpc) is 3.33. The molecule has 0 saturated carbocycles. The van der Waals surface area contributed by atoms with Crippen molar-refractivity contribution in [1.29, 1.82) is 0 Å². The van der Waals surface area contributed by atoms with Crippen molar-refractivity contribution in [3.05, 3.63) is 54.4 Å². The van der Waals surface area contributed by atoms with E-state index < -0.39 is 0 Å². The van der Waals surface area contributed by atoms with Crippen LogP contribution in [0.25, 0.3) is 11.3 Å². The van der Waals surface area contributed by atoms with E-state index in [-0.39, 0.29) is 17.6 Å². The Morgan fingerprint density at radius 3 is 2.76 bits per heavy atom. The molecule has 1 aliphatic rings. The van der Waals surface area contributed by atoms with Crippen molar-refractivity contribution in [3.8, 4) is 11.3 Å². The van der Waals surface area contributed by atoms with Crippen LogP contribution in [-0.4, -0.2) is 34.2 Å². The zero-order valence-corrected chi connectivity index (χ0v) is 13.7. The van der Waals surface area contributed by atoms with Crippen molar-refractivity contribution in [2.45, 2.75) is 18.8 Å². The van der Waals surface area contributed by atoms with E-state index in [0.717, 1.165) is 37.2 Å². The van der Waals surface area contributed by atoms with Crippen LogP contribution in [0.3, 0.4) is 0 Å². The standard InChI is InChI=1S/C18H19N5O2/c24-17(15-11-20-18(25-15)13-6-8-19-9-7-13)22-14-10-21-23-16(14)12-4-2-1-3-5-12/h1-5,10-11,13,19H,6-9H2,(H,21,23)(H,22,24). The average molecular weight is 337 g/mol. The summed E-state index contributed by atoms with van der Waals surface area (Å²) in [5.74, 6) is 0.804. The lowest BCUT2D eigenvalue weighted by Crippen LogP contribution is -2.26. The molecule has 1 aromatic carbocycles. The van der Waals surface area contributed by atoms with Gasteiger partial charge in [-0.25, -0.2) is 4.98 Å². The first-order valence-corrected chi connectivity index (χ1v) is 8.38. The highest BCUT2D eigenvalue weighted by atomic mass is 16.4. The van der Waals surface area contributed by atoms with Crippen molar-refractivity contribution in [2.75, 3.05) is 18.4 Å². The van der Waals surface area contributed by atoms with Crippen molar-refractivity contribution >= 4 is 11.6 Å². The van der Waals surface area contributed by atoms with Gasteiger partial charge in [-0.05, 0) is 25.9 Å². The number of anilines is 1. The number of oxazole rings is 1. The molecule has 3 N–H and O–H groups in total. The molecule has 3 aromatic rings. The minimum atomic E-state index is -0.328. The van der Waals surface area contributed by atoms with E-state index in [4.69, 9.17) is 4.42 Å². The zero-order chi connectivity index (χ0) is 17.1. The molecule has 3 heterocycles. The summed E-state index contributed by atoms with van der Waals surface area (Å²) in [6.07, 6.45) is 5.03. The lowest BCUT2D eigenvalue weighted by Gasteiger charge is -2.19. The maximum absolute atomic E-state index is 12.5. The minimum Gasteiger partial charge on any atom is -0.435 e. The fourth-order valence-corrected chi connectivity index (χ4v) is 3.04. The number of nitrogens with one attached hydrogen (secondary N) is 3. The third-order valence-corrected chi connectivity index (χ3v) is 4.39. The molecule has 0 radical (unpaired) electrons. The lowest BCUT2D eigenvalue weighted by molar-refractivity contribution is 0.0994. The summed E-state index contributed by atoms with van der Waals surface area (Å²) in [6, 6.07) is 9.71. The Hall–Kier alpha value is -2.93. The van der Waals surface area contributed by atoms with Gasteiger partial charge >= 0.3 is 0 Å². The Morgan fingerprint density at radius 2 is 1.96 bits per heavy atom. The molecule has 7 heteroatoms. The number of aromatic amines is 1. The number of rotatable bonds is 4. The molecule has 1 amide bonds. The Kier molecular flexibility index (Phi) is 4.30. The number of benzene rings is 1. The molecule has 1 fully saturated rings. The van der Waals surface area contributed by atoms with Crippen LogP contribution >= 0.6 is 0 Å². The highest BCUT2D eigenvalue weighted by Crippen LogP contribution is 2.27. The van der Waals surface area contributed by atoms with E-state index in [1.807, 2.05) is 30.3 Å². The van der Waals surface area contributed by atoms with E-state index in [9.17, 15) is 4.79 Å².